The van der Waals surface area contributed by atoms with Gasteiger partial charge in [-0.3, -0.25) is 4.79 Å². The lowest BCUT2D eigenvalue weighted by Gasteiger charge is -2.39. The second kappa shape index (κ2) is 8.94. The van der Waals surface area contributed by atoms with E-state index in [0.29, 0.717) is 45.9 Å². The van der Waals surface area contributed by atoms with E-state index in [1.165, 1.54) is 12.1 Å². The van der Waals surface area contributed by atoms with Crippen LogP contribution in [-0.4, -0.2) is 46.6 Å². The van der Waals surface area contributed by atoms with Crippen LogP contribution in [0.15, 0.2) is 30.3 Å². The normalized spacial score (nSPS) is 25.2. The summed E-state index contributed by atoms with van der Waals surface area (Å²) in [5.41, 5.74) is 2.92. The van der Waals surface area contributed by atoms with Gasteiger partial charge >= 0.3 is 0 Å². The summed E-state index contributed by atoms with van der Waals surface area (Å²) in [5.74, 6) is 0.0763. The average Bonchev–Trinajstić information content (AvgIpc) is 3.31. The number of aryl methyl sites for hydroxylation is 1. The van der Waals surface area contributed by atoms with E-state index in [1.807, 2.05) is 6.92 Å². The molecular formula is C27H33FN4O3S. The van der Waals surface area contributed by atoms with Gasteiger partial charge in [0.05, 0.1) is 39.9 Å². The molecule has 1 amide bonds. The minimum absolute atomic E-state index is 0.00223. The smallest absolute Gasteiger partial charge is 0.252 e. The minimum atomic E-state index is -3.14. The number of sulfone groups is 1. The Balaban J connectivity index is 1.61. The molecule has 3 atom stereocenters. The molecule has 7 nitrogen and oxygen atoms in total. The van der Waals surface area contributed by atoms with Crippen molar-refractivity contribution in [1.82, 2.24) is 20.1 Å². The molecule has 0 bridgehead atoms. The summed E-state index contributed by atoms with van der Waals surface area (Å²) in [6.07, 6.45) is 3.41. The highest BCUT2D eigenvalue weighted by Crippen LogP contribution is 2.39. The van der Waals surface area contributed by atoms with Crippen molar-refractivity contribution in [2.75, 3.05) is 11.5 Å². The van der Waals surface area contributed by atoms with E-state index >= 15 is 0 Å². The Kier molecular flexibility index (Phi) is 6.17. The number of rotatable bonds is 4. The fraction of sp³-hybridized carbons (Fsp3) is 0.519. The van der Waals surface area contributed by atoms with Crippen LogP contribution in [0.3, 0.4) is 0 Å². The van der Waals surface area contributed by atoms with Gasteiger partial charge < -0.3 is 5.32 Å². The van der Waals surface area contributed by atoms with Crippen LogP contribution in [0.1, 0.15) is 68.5 Å². The van der Waals surface area contributed by atoms with Crippen LogP contribution < -0.4 is 5.32 Å². The first-order valence-corrected chi connectivity index (χ1v) is 14.4. The van der Waals surface area contributed by atoms with E-state index in [4.69, 9.17) is 4.98 Å². The molecule has 1 aliphatic carbocycles. The molecule has 3 aromatic rings. The van der Waals surface area contributed by atoms with Crippen molar-refractivity contribution in [3.05, 3.63) is 47.4 Å². The standard InChI is InChI=1S/C27H33FN4O3S/c1-16-11-20(14-27(3,4)13-16)29-26(33)22-12-23(18-5-7-19(28)8-6-18)30-25-24(22)17(2)31-32(25)21-9-10-36(34,35)15-21/h5-8,12,16,20-21H,9-11,13-15H2,1-4H3,(H,29,33). The summed E-state index contributed by atoms with van der Waals surface area (Å²) >= 11 is 0. The maximum absolute atomic E-state index is 13.7. The Hall–Kier alpha value is -2.81. The molecule has 1 aliphatic heterocycles. The van der Waals surface area contributed by atoms with Crippen molar-refractivity contribution < 1.29 is 17.6 Å². The molecule has 1 saturated carbocycles. The lowest BCUT2D eigenvalue weighted by molar-refractivity contribution is 0.0875. The number of carbonyl (C=O) groups is 1. The third-order valence-electron chi connectivity index (χ3n) is 7.50. The van der Waals surface area contributed by atoms with Crippen LogP contribution in [0, 0.1) is 24.1 Å². The van der Waals surface area contributed by atoms with Crippen LogP contribution in [0.5, 0.6) is 0 Å². The predicted molar refractivity (Wildman–Crippen MR) is 138 cm³/mol. The van der Waals surface area contributed by atoms with Crippen LogP contribution in [-0.2, 0) is 9.84 Å². The first-order valence-electron chi connectivity index (χ1n) is 12.6. The van der Waals surface area contributed by atoms with Gasteiger partial charge in [-0.05, 0) is 74.3 Å². The molecule has 3 unspecified atom stereocenters. The van der Waals surface area contributed by atoms with Crippen molar-refractivity contribution in [3.63, 3.8) is 0 Å². The number of aromatic nitrogens is 3. The van der Waals surface area contributed by atoms with Gasteiger partial charge in [0.1, 0.15) is 5.82 Å². The summed E-state index contributed by atoms with van der Waals surface area (Å²) in [5, 5.41) is 8.55. The third-order valence-corrected chi connectivity index (χ3v) is 9.25. The zero-order valence-corrected chi connectivity index (χ0v) is 22.0. The molecule has 1 saturated heterocycles. The highest BCUT2D eigenvalue weighted by Gasteiger charge is 2.35. The second-order valence-corrected chi connectivity index (χ2v) is 13.7. The molecule has 36 heavy (non-hydrogen) atoms. The van der Waals surface area contributed by atoms with Gasteiger partial charge in [0.2, 0.25) is 0 Å². The van der Waals surface area contributed by atoms with Crippen molar-refractivity contribution >= 4 is 26.8 Å². The van der Waals surface area contributed by atoms with Crippen LogP contribution >= 0.6 is 0 Å². The molecule has 1 aromatic carbocycles. The molecular weight excluding hydrogens is 479 g/mol. The van der Waals surface area contributed by atoms with E-state index in [0.717, 1.165) is 19.3 Å². The molecule has 2 aliphatic rings. The fourth-order valence-electron chi connectivity index (χ4n) is 6.20. The zero-order valence-electron chi connectivity index (χ0n) is 21.2. The molecule has 5 rings (SSSR count). The van der Waals surface area contributed by atoms with Gasteiger partial charge in [0.15, 0.2) is 15.5 Å². The van der Waals surface area contributed by atoms with E-state index < -0.39 is 9.84 Å². The lowest BCUT2D eigenvalue weighted by Crippen LogP contribution is -2.43. The summed E-state index contributed by atoms with van der Waals surface area (Å²) in [4.78, 5) is 18.6. The SMILES string of the molecule is Cc1nn(C2CCS(=O)(=O)C2)c2nc(-c3ccc(F)cc3)cc(C(=O)NC3CC(C)CC(C)(C)C3)c12. The van der Waals surface area contributed by atoms with Crippen LogP contribution in [0.2, 0.25) is 0 Å². The highest BCUT2D eigenvalue weighted by molar-refractivity contribution is 7.91. The van der Waals surface area contributed by atoms with E-state index in [9.17, 15) is 17.6 Å². The maximum Gasteiger partial charge on any atom is 0.252 e. The van der Waals surface area contributed by atoms with Crippen molar-refractivity contribution in [2.24, 2.45) is 11.3 Å². The number of fused-ring (bicyclic) bond motifs is 1. The molecule has 1 N–H and O–H groups in total. The van der Waals surface area contributed by atoms with Crippen molar-refractivity contribution in [2.45, 2.75) is 65.5 Å². The van der Waals surface area contributed by atoms with E-state index in [2.05, 4.69) is 31.2 Å². The molecule has 2 aromatic heterocycles. The number of hydrogen-bond donors (Lipinski definition) is 1. The van der Waals surface area contributed by atoms with Gasteiger partial charge in [-0.2, -0.15) is 5.10 Å². The molecule has 0 spiro atoms. The number of nitrogens with zero attached hydrogens (tertiary/aromatic N) is 3. The third kappa shape index (κ3) is 4.90. The highest BCUT2D eigenvalue weighted by atomic mass is 32.2. The topological polar surface area (TPSA) is 93.9 Å². The molecule has 192 valence electrons. The van der Waals surface area contributed by atoms with Crippen LogP contribution in [0.4, 0.5) is 4.39 Å². The number of carbonyl (C=O) groups excluding carboxylic acids is 1. The molecule has 2 fully saturated rings. The number of pyridine rings is 1. The first kappa shape index (κ1) is 24.9. The Morgan fingerprint density at radius 2 is 1.92 bits per heavy atom. The van der Waals surface area contributed by atoms with E-state index in [-0.39, 0.29) is 40.7 Å². The Labute approximate surface area is 211 Å². The average molecular weight is 513 g/mol. The van der Waals surface area contributed by atoms with E-state index in [1.54, 1.807) is 22.9 Å². The molecule has 3 heterocycles. The largest absolute Gasteiger partial charge is 0.349 e. The fourth-order valence-corrected chi connectivity index (χ4v) is 7.89. The Morgan fingerprint density at radius 3 is 2.56 bits per heavy atom. The Bertz CT molecular complexity index is 1430. The minimum Gasteiger partial charge on any atom is -0.349 e. The van der Waals surface area contributed by atoms with Gasteiger partial charge in [-0.1, -0.05) is 20.8 Å². The first-order chi connectivity index (χ1) is 16.9. The second-order valence-electron chi connectivity index (χ2n) is 11.4. The van der Waals surface area contributed by atoms with Gasteiger partial charge in [-0.15, -0.1) is 0 Å². The summed E-state index contributed by atoms with van der Waals surface area (Å²) in [7, 11) is -3.14. The van der Waals surface area contributed by atoms with Gasteiger partial charge in [0.25, 0.3) is 5.91 Å². The van der Waals surface area contributed by atoms with Crippen molar-refractivity contribution in [1.29, 1.82) is 0 Å². The summed E-state index contributed by atoms with van der Waals surface area (Å²) in [6, 6.07) is 7.44. The zero-order chi connectivity index (χ0) is 25.8. The summed E-state index contributed by atoms with van der Waals surface area (Å²) < 4.78 is 39.7. The number of halogens is 1. The summed E-state index contributed by atoms with van der Waals surface area (Å²) in [6.45, 7) is 8.52. The monoisotopic (exact) mass is 512 g/mol. The number of hydrogen-bond acceptors (Lipinski definition) is 5. The maximum atomic E-state index is 13.7. The quantitative estimate of drug-likeness (QED) is 0.539. The molecule has 0 radical (unpaired) electrons. The predicted octanol–water partition coefficient (Wildman–Crippen LogP) is 4.85. The van der Waals surface area contributed by atoms with Crippen molar-refractivity contribution in [3.8, 4) is 11.3 Å². The molecule has 9 heteroatoms. The van der Waals surface area contributed by atoms with Gasteiger partial charge in [0, 0.05) is 11.6 Å². The number of benzene rings is 1. The number of amides is 1. The lowest BCUT2D eigenvalue weighted by atomic mass is 9.70. The van der Waals surface area contributed by atoms with Gasteiger partial charge in [-0.25, -0.2) is 22.5 Å². The van der Waals surface area contributed by atoms with Crippen LogP contribution in [0.25, 0.3) is 22.3 Å². The Morgan fingerprint density at radius 1 is 1.19 bits per heavy atom. The number of nitrogens with one attached hydrogen (secondary N) is 1.